The Hall–Kier alpha value is -1.84. The Balaban J connectivity index is 2.89. The number of hydrogen-bond acceptors (Lipinski definition) is 3. The molecule has 0 spiro atoms. The van der Waals surface area contributed by atoms with Gasteiger partial charge < -0.3 is 5.32 Å². The summed E-state index contributed by atoms with van der Waals surface area (Å²) in [5.41, 5.74) is 2.17. The highest BCUT2D eigenvalue weighted by atomic mass is 14.8. The molecule has 1 N–H and O–H groups in total. The van der Waals surface area contributed by atoms with Gasteiger partial charge in [-0.1, -0.05) is 11.8 Å². The van der Waals surface area contributed by atoms with Crippen molar-refractivity contribution in [2.24, 2.45) is 0 Å². The van der Waals surface area contributed by atoms with Crippen molar-refractivity contribution in [3.05, 3.63) is 29.1 Å². The summed E-state index contributed by atoms with van der Waals surface area (Å²) in [5.74, 6) is 5.89. The van der Waals surface area contributed by atoms with Gasteiger partial charge in [0.25, 0.3) is 0 Å². The predicted molar refractivity (Wildman–Crippen MR) is 54.5 cm³/mol. The first-order valence-corrected chi connectivity index (χ1v) is 4.28. The molecule has 0 unspecified atom stereocenters. The molecule has 0 aliphatic carbocycles. The fraction of sp³-hybridized carbons (Fsp3) is 0.273. The van der Waals surface area contributed by atoms with E-state index in [9.17, 15) is 0 Å². The van der Waals surface area contributed by atoms with Crippen molar-refractivity contribution >= 4 is 0 Å². The largest absolute Gasteiger partial charge is 0.309 e. The normalized spacial score (nSPS) is 8.64. The lowest BCUT2D eigenvalue weighted by Gasteiger charge is -1.95. The number of nitrogens with one attached hydrogen (secondary N) is 1. The van der Waals surface area contributed by atoms with Crippen LogP contribution in [0.3, 0.4) is 0 Å². The van der Waals surface area contributed by atoms with E-state index < -0.39 is 0 Å². The van der Waals surface area contributed by atoms with E-state index in [0.29, 0.717) is 12.2 Å². The number of aryl methyl sites for hydroxylation is 1. The third-order valence-corrected chi connectivity index (χ3v) is 1.68. The number of nitrogens with zero attached hydrogens (tertiary/aromatic N) is 2. The van der Waals surface area contributed by atoms with E-state index in [4.69, 9.17) is 5.26 Å². The second kappa shape index (κ2) is 5.01. The van der Waals surface area contributed by atoms with Crippen molar-refractivity contribution in [2.45, 2.75) is 6.92 Å². The summed E-state index contributed by atoms with van der Waals surface area (Å²) in [6, 6.07) is 3.89. The molecule has 0 fully saturated rings. The second-order valence-corrected chi connectivity index (χ2v) is 2.83. The maximum Gasteiger partial charge on any atom is 0.143 e. The highest BCUT2D eigenvalue weighted by molar-refractivity contribution is 5.39. The van der Waals surface area contributed by atoms with E-state index in [-0.39, 0.29) is 0 Å². The van der Waals surface area contributed by atoms with E-state index in [1.165, 1.54) is 0 Å². The summed E-state index contributed by atoms with van der Waals surface area (Å²) in [7, 11) is 1.84. The molecule has 70 valence electrons. The minimum atomic E-state index is 0.462. The molecule has 0 amide bonds. The Labute approximate surface area is 83.8 Å². The average Bonchev–Trinajstić information content (AvgIpc) is 2.18. The van der Waals surface area contributed by atoms with Crippen LogP contribution in [0.2, 0.25) is 0 Å². The summed E-state index contributed by atoms with van der Waals surface area (Å²) >= 11 is 0. The minimum absolute atomic E-state index is 0.462. The van der Waals surface area contributed by atoms with Gasteiger partial charge in [-0.25, -0.2) is 4.98 Å². The third kappa shape index (κ3) is 2.58. The molecule has 1 aromatic heterocycles. The number of aromatic nitrogens is 1. The first-order chi connectivity index (χ1) is 6.77. The lowest BCUT2D eigenvalue weighted by molar-refractivity contribution is 0.938. The van der Waals surface area contributed by atoms with Crippen LogP contribution in [0.5, 0.6) is 0 Å². The van der Waals surface area contributed by atoms with Gasteiger partial charge in [0.2, 0.25) is 0 Å². The Morgan fingerprint density at radius 1 is 1.57 bits per heavy atom. The van der Waals surface area contributed by atoms with Gasteiger partial charge >= 0.3 is 0 Å². The number of hydrogen-bond donors (Lipinski definition) is 1. The van der Waals surface area contributed by atoms with E-state index in [2.05, 4.69) is 22.1 Å². The maximum absolute atomic E-state index is 8.66. The average molecular weight is 185 g/mol. The van der Waals surface area contributed by atoms with Crippen molar-refractivity contribution in [3.8, 4) is 17.9 Å². The van der Waals surface area contributed by atoms with Crippen LogP contribution in [0, 0.1) is 30.1 Å². The highest BCUT2D eigenvalue weighted by Gasteiger charge is 1.97. The van der Waals surface area contributed by atoms with Crippen LogP contribution in [0.4, 0.5) is 0 Å². The lowest BCUT2D eigenvalue weighted by atomic mass is 10.1. The van der Waals surface area contributed by atoms with Crippen molar-refractivity contribution < 1.29 is 0 Å². The SMILES string of the molecule is CNCC#Cc1cnc(C#N)c(C)c1. The molecular formula is C11H11N3. The van der Waals surface area contributed by atoms with Crippen molar-refractivity contribution in [1.82, 2.24) is 10.3 Å². The summed E-state index contributed by atoms with van der Waals surface area (Å²) in [6.07, 6.45) is 1.62. The number of nitriles is 1. The van der Waals surface area contributed by atoms with Crippen LogP contribution in [-0.4, -0.2) is 18.6 Å². The molecule has 0 bridgehead atoms. The van der Waals surface area contributed by atoms with Gasteiger partial charge in [0.1, 0.15) is 11.8 Å². The van der Waals surface area contributed by atoms with Gasteiger partial charge in [-0.2, -0.15) is 5.26 Å². The molecule has 14 heavy (non-hydrogen) atoms. The van der Waals surface area contributed by atoms with Crippen molar-refractivity contribution in [3.63, 3.8) is 0 Å². The molecule has 0 atom stereocenters. The molecule has 1 heterocycles. The molecule has 0 saturated carbocycles. The summed E-state index contributed by atoms with van der Waals surface area (Å²) in [4.78, 5) is 3.99. The standard InChI is InChI=1S/C11H11N3/c1-9-6-10(4-3-5-13-2)8-14-11(9)7-12/h6,8,13H,5H2,1-2H3. The summed E-state index contributed by atoms with van der Waals surface area (Å²) < 4.78 is 0. The van der Waals surface area contributed by atoms with Crippen molar-refractivity contribution in [1.29, 1.82) is 5.26 Å². The molecule has 0 aliphatic rings. The molecule has 0 aromatic carbocycles. The summed E-state index contributed by atoms with van der Waals surface area (Å²) in [5, 5.41) is 11.6. The highest BCUT2D eigenvalue weighted by Crippen LogP contribution is 2.04. The van der Waals surface area contributed by atoms with Gasteiger partial charge in [-0.15, -0.1) is 0 Å². The van der Waals surface area contributed by atoms with E-state index in [1.807, 2.05) is 26.1 Å². The van der Waals surface area contributed by atoms with Gasteiger partial charge in [-0.3, -0.25) is 0 Å². The Morgan fingerprint density at radius 3 is 2.93 bits per heavy atom. The van der Waals surface area contributed by atoms with Crippen LogP contribution < -0.4 is 5.32 Å². The molecule has 3 heteroatoms. The zero-order chi connectivity index (χ0) is 10.4. The zero-order valence-electron chi connectivity index (χ0n) is 8.26. The lowest BCUT2D eigenvalue weighted by Crippen LogP contribution is -2.04. The van der Waals surface area contributed by atoms with Crippen LogP contribution in [-0.2, 0) is 0 Å². The third-order valence-electron chi connectivity index (χ3n) is 1.68. The van der Waals surface area contributed by atoms with Gasteiger partial charge in [-0.05, 0) is 25.6 Å². The fourth-order valence-electron chi connectivity index (χ4n) is 0.995. The van der Waals surface area contributed by atoms with Crippen LogP contribution in [0.25, 0.3) is 0 Å². The quantitative estimate of drug-likeness (QED) is 0.659. The van der Waals surface area contributed by atoms with Gasteiger partial charge in [0.15, 0.2) is 0 Å². The fourth-order valence-corrected chi connectivity index (χ4v) is 0.995. The molecule has 0 radical (unpaired) electrons. The van der Waals surface area contributed by atoms with Crippen molar-refractivity contribution in [2.75, 3.05) is 13.6 Å². The first kappa shape index (κ1) is 10.2. The number of rotatable bonds is 1. The Morgan fingerprint density at radius 2 is 2.36 bits per heavy atom. The monoisotopic (exact) mass is 185 g/mol. The Bertz CT molecular complexity index is 418. The molecule has 0 saturated heterocycles. The topological polar surface area (TPSA) is 48.7 Å². The number of pyridine rings is 1. The molecule has 1 rings (SSSR count). The first-order valence-electron chi connectivity index (χ1n) is 4.28. The Kier molecular flexibility index (Phi) is 3.67. The molecule has 0 aliphatic heterocycles. The molecular weight excluding hydrogens is 174 g/mol. The van der Waals surface area contributed by atoms with Crippen LogP contribution in [0.15, 0.2) is 12.3 Å². The van der Waals surface area contributed by atoms with E-state index >= 15 is 0 Å². The maximum atomic E-state index is 8.66. The summed E-state index contributed by atoms with van der Waals surface area (Å²) in [6.45, 7) is 2.51. The molecule has 3 nitrogen and oxygen atoms in total. The van der Waals surface area contributed by atoms with E-state index in [1.54, 1.807) is 6.20 Å². The molecule has 1 aromatic rings. The minimum Gasteiger partial charge on any atom is -0.309 e. The smallest absolute Gasteiger partial charge is 0.143 e. The van der Waals surface area contributed by atoms with E-state index in [0.717, 1.165) is 11.1 Å². The van der Waals surface area contributed by atoms with Gasteiger partial charge in [0, 0.05) is 11.8 Å². The van der Waals surface area contributed by atoms with Crippen LogP contribution in [0.1, 0.15) is 16.8 Å². The van der Waals surface area contributed by atoms with Gasteiger partial charge in [0.05, 0.1) is 6.54 Å². The zero-order valence-corrected chi connectivity index (χ0v) is 8.26. The predicted octanol–water partition coefficient (Wildman–Crippen LogP) is 0.833. The second-order valence-electron chi connectivity index (χ2n) is 2.83. The van der Waals surface area contributed by atoms with Crippen LogP contribution >= 0.6 is 0 Å².